The second-order valence-electron chi connectivity index (χ2n) is 5.81. The van der Waals surface area contributed by atoms with Crippen LogP contribution in [0, 0.1) is 12.3 Å². The van der Waals surface area contributed by atoms with E-state index in [-0.39, 0.29) is 12.5 Å². The number of amidine groups is 1. The van der Waals surface area contributed by atoms with E-state index in [1.807, 2.05) is 43.3 Å². The Hall–Kier alpha value is -3.37. The molecular weight excluding hydrogens is 388 g/mol. The summed E-state index contributed by atoms with van der Waals surface area (Å²) < 4.78 is 16.2. The standard InChI is InChI=1S/C22H20N2O4S/c1-4-12-28-18-11-6-15(13-19(18)27-5-2)14-20-21(25)24-22(29-20)23-16-7-9-17(26-3)10-8-16/h1,6-11,13-14H,5,12H2,2-3H3,(H,23,24,25)/b20-14+. The molecule has 7 heteroatoms. The molecule has 0 saturated carbocycles. The van der Waals surface area contributed by atoms with Gasteiger partial charge in [0.1, 0.15) is 12.4 Å². The second kappa shape index (κ2) is 9.71. The number of hydrogen-bond donors (Lipinski definition) is 1. The van der Waals surface area contributed by atoms with Gasteiger partial charge in [0.25, 0.3) is 5.91 Å². The molecule has 2 aromatic carbocycles. The molecule has 0 radical (unpaired) electrons. The number of terminal acetylenes is 1. The Kier molecular flexibility index (Phi) is 6.82. The lowest BCUT2D eigenvalue weighted by Gasteiger charge is -2.11. The minimum absolute atomic E-state index is 0.157. The lowest BCUT2D eigenvalue weighted by atomic mass is 10.2. The Balaban J connectivity index is 1.79. The average molecular weight is 408 g/mol. The fourth-order valence-corrected chi connectivity index (χ4v) is 3.37. The number of nitrogens with zero attached hydrogens (tertiary/aromatic N) is 1. The summed E-state index contributed by atoms with van der Waals surface area (Å²) in [7, 11) is 1.61. The van der Waals surface area contributed by atoms with E-state index in [0.717, 1.165) is 17.0 Å². The number of rotatable bonds is 7. The predicted molar refractivity (Wildman–Crippen MR) is 116 cm³/mol. The van der Waals surface area contributed by atoms with Crippen molar-refractivity contribution in [1.29, 1.82) is 0 Å². The van der Waals surface area contributed by atoms with Crippen LogP contribution in [0.25, 0.3) is 6.08 Å². The molecule has 0 unspecified atom stereocenters. The van der Waals surface area contributed by atoms with E-state index < -0.39 is 0 Å². The number of thioether (sulfide) groups is 1. The second-order valence-corrected chi connectivity index (χ2v) is 6.84. The molecule has 1 fully saturated rings. The van der Waals surface area contributed by atoms with E-state index >= 15 is 0 Å². The van der Waals surface area contributed by atoms with Crippen molar-refractivity contribution in [2.75, 3.05) is 20.3 Å². The van der Waals surface area contributed by atoms with Gasteiger partial charge in [-0.1, -0.05) is 12.0 Å². The van der Waals surface area contributed by atoms with Crippen LogP contribution in [0.15, 0.2) is 52.4 Å². The number of carbonyl (C=O) groups is 1. The maximum atomic E-state index is 12.3. The van der Waals surface area contributed by atoms with Gasteiger partial charge in [-0.2, -0.15) is 0 Å². The summed E-state index contributed by atoms with van der Waals surface area (Å²) in [4.78, 5) is 17.3. The molecule has 1 aliphatic rings. The SMILES string of the molecule is C#CCOc1ccc(/C=C2/SC(=Nc3ccc(OC)cc3)NC2=O)cc1OCC. The van der Waals surface area contributed by atoms with Crippen LogP contribution in [0.2, 0.25) is 0 Å². The van der Waals surface area contributed by atoms with E-state index in [2.05, 4.69) is 16.2 Å². The molecule has 3 rings (SSSR count). The zero-order valence-electron chi connectivity index (χ0n) is 16.1. The average Bonchev–Trinajstić information content (AvgIpc) is 3.07. The molecule has 0 aliphatic carbocycles. The van der Waals surface area contributed by atoms with Gasteiger partial charge < -0.3 is 19.5 Å². The highest BCUT2D eigenvalue weighted by atomic mass is 32.2. The number of ether oxygens (including phenoxy) is 3. The van der Waals surface area contributed by atoms with Crippen molar-refractivity contribution >= 4 is 34.6 Å². The molecule has 2 aromatic rings. The Morgan fingerprint density at radius 2 is 1.97 bits per heavy atom. The minimum atomic E-state index is -0.201. The number of amides is 1. The van der Waals surface area contributed by atoms with E-state index in [4.69, 9.17) is 20.6 Å². The quantitative estimate of drug-likeness (QED) is 0.554. The van der Waals surface area contributed by atoms with E-state index in [9.17, 15) is 4.79 Å². The largest absolute Gasteiger partial charge is 0.497 e. The molecule has 1 amide bonds. The number of methoxy groups -OCH3 is 1. The minimum Gasteiger partial charge on any atom is -0.497 e. The van der Waals surface area contributed by atoms with E-state index in [1.165, 1.54) is 11.8 Å². The monoisotopic (exact) mass is 408 g/mol. The van der Waals surface area contributed by atoms with Crippen LogP contribution in [-0.4, -0.2) is 31.4 Å². The first-order chi connectivity index (χ1) is 14.1. The van der Waals surface area contributed by atoms with Crippen LogP contribution in [-0.2, 0) is 4.79 Å². The molecule has 1 N–H and O–H groups in total. The molecule has 0 spiro atoms. The van der Waals surface area contributed by atoms with Gasteiger partial charge in [0.05, 0.1) is 24.3 Å². The third-order valence-electron chi connectivity index (χ3n) is 3.83. The zero-order valence-corrected chi connectivity index (χ0v) is 16.9. The summed E-state index contributed by atoms with van der Waals surface area (Å²) in [5.74, 6) is 4.12. The molecule has 1 saturated heterocycles. The molecular formula is C22H20N2O4S. The van der Waals surface area contributed by atoms with Gasteiger partial charge in [-0.05, 0) is 66.7 Å². The smallest absolute Gasteiger partial charge is 0.264 e. The van der Waals surface area contributed by atoms with Crippen LogP contribution < -0.4 is 19.5 Å². The fraction of sp³-hybridized carbons (Fsp3) is 0.182. The molecule has 0 aromatic heterocycles. The van der Waals surface area contributed by atoms with Gasteiger partial charge in [0.2, 0.25) is 0 Å². The van der Waals surface area contributed by atoms with E-state index in [1.54, 1.807) is 19.3 Å². The highest BCUT2D eigenvalue weighted by molar-refractivity contribution is 8.18. The van der Waals surface area contributed by atoms with Crippen LogP contribution in [0.1, 0.15) is 12.5 Å². The molecule has 29 heavy (non-hydrogen) atoms. The summed E-state index contributed by atoms with van der Waals surface area (Å²) in [6, 6.07) is 12.7. The Labute approximate surface area is 174 Å². The molecule has 1 heterocycles. The van der Waals surface area contributed by atoms with Gasteiger partial charge in [0.15, 0.2) is 16.7 Å². The Morgan fingerprint density at radius 3 is 2.66 bits per heavy atom. The summed E-state index contributed by atoms with van der Waals surface area (Å²) >= 11 is 1.28. The molecule has 1 aliphatic heterocycles. The number of hydrogen-bond acceptors (Lipinski definition) is 6. The Morgan fingerprint density at radius 1 is 1.17 bits per heavy atom. The van der Waals surface area contributed by atoms with Crippen LogP contribution in [0.5, 0.6) is 17.2 Å². The zero-order chi connectivity index (χ0) is 20.6. The lowest BCUT2D eigenvalue weighted by molar-refractivity contribution is -0.115. The normalized spacial score (nSPS) is 15.8. The number of nitrogens with one attached hydrogen (secondary N) is 1. The van der Waals surface area contributed by atoms with Crippen molar-refractivity contribution in [1.82, 2.24) is 5.32 Å². The number of aliphatic imine (C=N–C) groups is 1. The lowest BCUT2D eigenvalue weighted by Crippen LogP contribution is -2.19. The van der Waals surface area contributed by atoms with Crippen molar-refractivity contribution < 1.29 is 19.0 Å². The summed E-state index contributed by atoms with van der Waals surface area (Å²) in [5.41, 5.74) is 1.54. The van der Waals surface area contributed by atoms with Crippen LogP contribution >= 0.6 is 11.8 Å². The summed E-state index contributed by atoms with van der Waals surface area (Å²) in [5, 5.41) is 3.30. The molecule has 0 bridgehead atoms. The Bertz CT molecular complexity index is 991. The highest BCUT2D eigenvalue weighted by Crippen LogP contribution is 2.32. The predicted octanol–water partition coefficient (Wildman–Crippen LogP) is 4.00. The summed E-state index contributed by atoms with van der Waals surface area (Å²) in [6.45, 7) is 2.53. The number of benzene rings is 2. The van der Waals surface area contributed by atoms with Crippen molar-refractivity contribution in [2.45, 2.75) is 6.92 Å². The van der Waals surface area contributed by atoms with E-state index in [0.29, 0.717) is 28.2 Å². The fourth-order valence-electron chi connectivity index (χ4n) is 2.53. The topological polar surface area (TPSA) is 69.2 Å². The molecule has 148 valence electrons. The van der Waals surface area contributed by atoms with Crippen molar-refractivity contribution in [3.05, 3.63) is 52.9 Å². The maximum Gasteiger partial charge on any atom is 0.264 e. The van der Waals surface area contributed by atoms with Gasteiger partial charge in [-0.3, -0.25) is 4.79 Å². The maximum absolute atomic E-state index is 12.3. The van der Waals surface area contributed by atoms with Gasteiger partial charge in [-0.15, -0.1) is 6.42 Å². The van der Waals surface area contributed by atoms with Crippen LogP contribution in [0.4, 0.5) is 5.69 Å². The van der Waals surface area contributed by atoms with Crippen molar-refractivity contribution in [3.8, 4) is 29.6 Å². The first-order valence-corrected chi connectivity index (χ1v) is 9.71. The molecule has 0 atom stereocenters. The van der Waals surface area contributed by atoms with Crippen LogP contribution in [0.3, 0.4) is 0 Å². The van der Waals surface area contributed by atoms with Gasteiger partial charge in [0, 0.05) is 0 Å². The molecule has 6 nitrogen and oxygen atoms in total. The van der Waals surface area contributed by atoms with Gasteiger partial charge >= 0.3 is 0 Å². The first-order valence-electron chi connectivity index (χ1n) is 8.89. The third kappa shape index (κ3) is 5.33. The highest BCUT2D eigenvalue weighted by Gasteiger charge is 2.24. The van der Waals surface area contributed by atoms with Crippen molar-refractivity contribution in [2.24, 2.45) is 4.99 Å². The van der Waals surface area contributed by atoms with Crippen molar-refractivity contribution in [3.63, 3.8) is 0 Å². The first kappa shape index (κ1) is 20.4. The number of carbonyl (C=O) groups excluding carboxylic acids is 1. The van der Waals surface area contributed by atoms with Gasteiger partial charge in [-0.25, -0.2) is 4.99 Å². The summed E-state index contributed by atoms with van der Waals surface area (Å²) in [6.07, 6.45) is 7.03. The third-order valence-corrected chi connectivity index (χ3v) is 4.74.